The molecule has 0 aromatic carbocycles. The Morgan fingerprint density at radius 1 is 1.50 bits per heavy atom. The van der Waals surface area contributed by atoms with Gasteiger partial charge in [-0.2, -0.15) is 0 Å². The molecule has 16 heavy (non-hydrogen) atoms. The maximum Gasteiger partial charge on any atom is 0.317 e. The van der Waals surface area contributed by atoms with Gasteiger partial charge in [-0.1, -0.05) is 0 Å². The van der Waals surface area contributed by atoms with Gasteiger partial charge in [0.15, 0.2) is 0 Å². The van der Waals surface area contributed by atoms with Crippen molar-refractivity contribution in [2.75, 3.05) is 39.3 Å². The van der Waals surface area contributed by atoms with Crippen molar-refractivity contribution in [2.45, 2.75) is 26.3 Å². The van der Waals surface area contributed by atoms with E-state index in [9.17, 15) is 4.79 Å². The summed E-state index contributed by atoms with van der Waals surface area (Å²) in [5.74, 6) is 0. The Morgan fingerprint density at radius 3 is 2.75 bits per heavy atom. The summed E-state index contributed by atoms with van der Waals surface area (Å²) in [6.07, 6.45) is 1.02. The van der Waals surface area contributed by atoms with Crippen LogP contribution in [0, 0.1) is 0 Å². The average Bonchev–Trinajstić information content (AvgIpc) is 2.64. The fourth-order valence-corrected chi connectivity index (χ4v) is 1.90. The first-order chi connectivity index (χ1) is 7.65. The van der Waals surface area contributed by atoms with E-state index in [0.717, 1.165) is 45.7 Å². The van der Waals surface area contributed by atoms with Crippen LogP contribution in [0.15, 0.2) is 0 Å². The fourth-order valence-electron chi connectivity index (χ4n) is 1.90. The number of hydrogen-bond acceptors (Lipinski definition) is 3. The Morgan fingerprint density at radius 2 is 2.25 bits per heavy atom. The van der Waals surface area contributed by atoms with Gasteiger partial charge >= 0.3 is 6.03 Å². The van der Waals surface area contributed by atoms with E-state index in [2.05, 4.69) is 24.1 Å². The number of carbonyl (C=O) groups excluding carboxylic acids is 1. The van der Waals surface area contributed by atoms with E-state index in [1.165, 1.54) is 0 Å². The molecule has 0 aliphatic carbocycles. The molecule has 0 bridgehead atoms. The van der Waals surface area contributed by atoms with Gasteiger partial charge in [0.25, 0.3) is 0 Å². The Hall–Kier alpha value is -0.810. The molecule has 0 radical (unpaired) electrons. The molecule has 1 aliphatic heterocycles. The highest BCUT2D eigenvalue weighted by molar-refractivity contribution is 5.76. The van der Waals surface area contributed by atoms with Gasteiger partial charge in [-0.05, 0) is 33.4 Å². The van der Waals surface area contributed by atoms with Crippen LogP contribution in [0.3, 0.4) is 0 Å². The molecule has 3 N–H and O–H groups in total. The van der Waals surface area contributed by atoms with Crippen LogP contribution < -0.4 is 11.1 Å². The predicted octanol–water partition coefficient (Wildman–Crippen LogP) is 0.0708. The van der Waals surface area contributed by atoms with Gasteiger partial charge in [0.1, 0.15) is 0 Å². The number of nitrogens with two attached hydrogens (primary N) is 1. The molecule has 1 saturated heterocycles. The third-order valence-corrected chi connectivity index (χ3v) is 2.98. The normalized spacial score (nSPS) is 16.3. The van der Waals surface area contributed by atoms with Crippen molar-refractivity contribution in [3.63, 3.8) is 0 Å². The molecule has 0 aromatic rings. The van der Waals surface area contributed by atoms with E-state index in [0.29, 0.717) is 6.04 Å². The summed E-state index contributed by atoms with van der Waals surface area (Å²) in [4.78, 5) is 15.6. The number of carbonyl (C=O) groups is 1. The molecule has 0 unspecified atom stereocenters. The van der Waals surface area contributed by atoms with Crippen molar-refractivity contribution in [1.82, 2.24) is 15.1 Å². The molecule has 1 rings (SSSR count). The van der Waals surface area contributed by atoms with Gasteiger partial charge < -0.3 is 16.0 Å². The summed E-state index contributed by atoms with van der Waals surface area (Å²) in [6.45, 7) is 9.48. The lowest BCUT2D eigenvalue weighted by Gasteiger charge is -2.28. The van der Waals surface area contributed by atoms with Gasteiger partial charge in [0, 0.05) is 32.2 Å². The van der Waals surface area contributed by atoms with Crippen LogP contribution in [0.1, 0.15) is 20.3 Å². The van der Waals surface area contributed by atoms with Crippen LogP contribution in [0.4, 0.5) is 4.79 Å². The third-order valence-electron chi connectivity index (χ3n) is 2.98. The number of nitrogens with zero attached hydrogens (tertiary/aromatic N) is 2. The molecule has 1 heterocycles. The highest BCUT2D eigenvalue weighted by Gasteiger charge is 2.20. The average molecular weight is 228 g/mol. The summed E-state index contributed by atoms with van der Waals surface area (Å²) in [7, 11) is 0. The second-order valence-electron chi connectivity index (χ2n) is 4.49. The van der Waals surface area contributed by atoms with Crippen LogP contribution in [-0.2, 0) is 0 Å². The lowest BCUT2D eigenvalue weighted by atomic mass is 10.2. The van der Waals surface area contributed by atoms with Crippen molar-refractivity contribution in [3.05, 3.63) is 0 Å². The molecule has 5 heteroatoms. The van der Waals surface area contributed by atoms with Gasteiger partial charge in [-0.15, -0.1) is 0 Å². The Balaban J connectivity index is 2.28. The molecule has 0 spiro atoms. The summed E-state index contributed by atoms with van der Waals surface area (Å²) in [6, 6.07) is 0.583. The van der Waals surface area contributed by atoms with Crippen molar-refractivity contribution in [2.24, 2.45) is 5.73 Å². The Kier molecular flexibility index (Phi) is 5.55. The van der Waals surface area contributed by atoms with Crippen LogP contribution >= 0.6 is 0 Å². The largest absolute Gasteiger partial charge is 0.336 e. The lowest BCUT2D eigenvalue weighted by molar-refractivity contribution is 0.182. The highest BCUT2D eigenvalue weighted by atomic mass is 16.2. The van der Waals surface area contributed by atoms with E-state index in [-0.39, 0.29) is 6.03 Å². The molecule has 1 aliphatic rings. The smallest absolute Gasteiger partial charge is 0.317 e. The molecule has 1 fully saturated rings. The zero-order chi connectivity index (χ0) is 12.0. The summed E-state index contributed by atoms with van der Waals surface area (Å²) >= 11 is 0. The quantitative estimate of drug-likeness (QED) is 0.648. The molecule has 5 nitrogen and oxygen atoms in total. The van der Waals surface area contributed by atoms with E-state index in [1.54, 1.807) is 0 Å². The predicted molar refractivity (Wildman–Crippen MR) is 65.4 cm³/mol. The topological polar surface area (TPSA) is 61.6 Å². The first-order valence-electron chi connectivity index (χ1n) is 6.12. The third kappa shape index (κ3) is 3.98. The number of hydrogen-bond donors (Lipinski definition) is 2. The number of rotatable bonds is 7. The maximum absolute atomic E-state index is 11.3. The van der Waals surface area contributed by atoms with Crippen LogP contribution in [0.5, 0.6) is 0 Å². The van der Waals surface area contributed by atoms with Crippen LogP contribution in [0.2, 0.25) is 0 Å². The summed E-state index contributed by atoms with van der Waals surface area (Å²) in [5, 5.41) is 2.81. The monoisotopic (exact) mass is 228 g/mol. The standard InChI is InChI=1S/C11H24N4O/c1-10(2)14(6-3-4-12)8-9-15-7-5-13-11(15)16/h10H,3-9,12H2,1-2H3,(H,13,16). The minimum atomic E-state index is 0.0718. The van der Waals surface area contributed by atoms with Gasteiger partial charge in [-0.3, -0.25) is 4.90 Å². The second kappa shape index (κ2) is 6.70. The molecule has 94 valence electrons. The van der Waals surface area contributed by atoms with E-state index in [1.807, 2.05) is 4.90 Å². The zero-order valence-corrected chi connectivity index (χ0v) is 10.4. The van der Waals surface area contributed by atoms with Crippen LogP contribution in [0.25, 0.3) is 0 Å². The summed E-state index contributed by atoms with van der Waals surface area (Å²) < 4.78 is 0. The minimum absolute atomic E-state index is 0.0718. The first-order valence-corrected chi connectivity index (χ1v) is 6.12. The zero-order valence-electron chi connectivity index (χ0n) is 10.4. The SMILES string of the molecule is CC(C)N(CCCN)CCN1CCNC1=O. The summed E-state index contributed by atoms with van der Waals surface area (Å²) in [5.41, 5.74) is 5.52. The fraction of sp³-hybridized carbons (Fsp3) is 0.909. The second-order valence-corrected chi connectivity index (χ2v) is 4.49. The molecule has 0 aromatic heterocycles. The number of urea groups is 1. The van der Waals surface area contributed by atoms with Crippen molar-refractivity contribution in [3.8, 4) is 0 Å². The lowest BCUT2D eigenvalue weighted by Crippen LogP contribution is -2.40. The van der Waals surface area contributed by atoms with Crippen molar-refractivity contribution < 1.29 is 4.79 Å². The van der Waals surface area contributed by atoms with Gasteiger partial charge in [-0.25, -0.2) is 4.79 Å². The minimum Gasteiger partial charge on any atom is -0.336 e. The highest BCUT2D eigenvalue weighted by Crippen LogP contribution is 2.02. The number of nitrogens with one attached hydrogen (secondary N) is 1. The van der Waals surface area contributed by atoms with E-state index in [4.69, 9.17) is 5.73 Å². The molecular formula is C11H24N4O. The molecule has 0 saturated carbocycles. The number of amides is 2. The van der Waals surface area contributed by atoms with Crippen LogP contribution in [-0.4, -0.2) is 61.1 Å². The van der Waals surface area contributed by atoms with Gasteiger partial charge in [0.2, 0.25) is 0 Å². The van der Waals surface area contributed by atoms with Crippen molar-refractivity contribution in [1.29, 1.82) is 0 Å². The molecule has 2 amide bonds. The van der Waals surface area contributed by atoms with E-state index < -0.39 is 0 Å². The van der Waals surface area contributed by atoms with Crippen molar-refractivity contribution >= 4 is 6.03 Å². The molecule has 0 atom stereocenters. The van der Waals surface area contributed by atoms with Gasteiger partial charge in [0.05, 0.1) is 0 Å². The Bertz CT molecular complexity index is 220. The Labute approximate surface area is 98.0 Å². The first kappa shape index (κ1) is 13.3. The maximum atomic E-state index is 11.3. The van der Waals surface area contributed by atoms with E-state index >= 15 is 0 Å². The molecular weight excluding hydrogens is 204 g/mol.